The molecule has 0 radical (unpaired) electrons. The molecule has 0 spiro atoms. The summed E-state index contributed by atoms with van der Waals surface area (Å²) in [5.41, 5.74) is 1.08. The van der Waals surface area contributed by atoms with Crippen molar-refractivity contribution in [2.24, 2.45) is 11.3 Å². The van der Waals surface area contributed by atoms with Gasteiger partial charge in [-0.1, -0.05) is 33.9 Å². The maximum absolute atomic E-state index is 11.5. The van der Waals surface area contributed by atoms with E-state index in [9.17, 15) is 9.59 Å². The number of carbonyl (C=O) groups excluding carboxylic acids is 2. The maximum Gasteiger partial charge on any atom is 0.246 e. The van der Waals surface area contributed by atoms with Crippen molar-refractivity contribution in [1.82, 2.24) is 10.6 Å². The number of amides is 2. The van der Waals surface area contributed by atoms with E-state index >= 15 is 0 Å². The molecular weight excluding hydrogens is 264 g/mol. The van der Waals surface area contributed by atoms with Gasteiger partial charge in [-0.15, -0.1) is 0 Å². The lowest BCUT2D eigenvalue weighted by atomic mass is 9.82. The van der Waals surface area contributed by atoms with Crippen molar-refractivity contribution in [3.63, 3.8) is 0 Å². The zero-order valence-electron chi connectivity index (χ0n) is 14.1. The lowest BCUT2D eigenvalue weighted by Crippen LogP contribution is -2.35. The van der Waals surface area contributed by atoms with Gasteiger partial charge in [0, 0.05) is 24.2 Å². The largest absolute Gasteiger partial charge is 0.352 e. The third-order valence-electron chi connectivity index (χ3n) is 3.33. The van der Waals surface area contributed by atoms with Gasteiger partial charge in [0.25, 0.3) is 0 Å². The van der Waals surface area contributed by atoms with Gasteiger partial charge >= 0.3 is 0 Å². The molecule has 0 aliphatic heterocycles. The molecule has 4 nitrogen and oxygen atoms in total. The van der Waals surface area contributed by atoms with Crippen LogP contribution in [-0.4, -0.2) is 24.9 Å². The molecule has 0 aliphatic rings. The summed E-state index contributed by atoms with van der Waals surface area (Å²) in [6.45, 7) is 18.3. The quantitative estimate of drug-likeness (QED) is 0.642. The molecule has 0 aliphatic carbocycles. The van der Waals surface area contributed by atoms with Crippen LogP contribution in [0.2, 0.25) is 0 Å². The van der Waals surface area contributed by atoms with Crippen molar-refractivity contribution < 1.29 is 9.59 Å². The second kappa shape index (κ2) is 8.65. The minimum absolute atomic E-state index is 0.0168. The monoisotopic (exact) mass is 294 g/mol. The van der Waals surface area contributed by atoms with Crippen LogP contribution < -0.4 is 10.6 Å². The van der Waals surface area contributed by atoms with Crippen molar-refractivity contribution in [3.05, 3.63) is 24.3 Å². The summed E-state index contributed by atoms with van der Waals surface area (Å²) in [7, 11) is 0. The fourth-order valence-corrected chi connectivity index (χ4v) is 2.17. The van der Waals surface area contributed by atoms with Gasteiger partial charge in [-0.05, 0) is 38.0 Å². The van der Waals surface area contributed by atoms with Gasteiger partial charge in [-0.2, -0.15) is 0 Å². The smallest absolute Gasteiger partial charge is 0.246 e. The number of nitrogens with one attached hydrogen (secondary N) is 2. The van der Waals surface area contributed by atoms with Crippen molar-refractivity contribution in [3.8, 4) is 0 Å². The first-order valence-corrected chi connectivity index (χ1v) is 7.42. The van der Waals surface area contributed by atoms with Gasteiger partial charge in [0.15, 0.2) is 0 Å². The highest BCUT2D eigenvalue weighted by Gasteiger charge is 2.22. The first-order chi connectivity index (χ1) is 9.55. The molecule has 2 amide bonds. The van der Waals surface area contributed by atoms with Crippen LogP contribution in [0.5, 0.6) is 0 Å². The Morgan fingerprint density at radius 2 is 1.52 bits per heavy atom. The lowest BCUT2D eigenvalue weighted by Gasteiger charge is -2.28. The standard InChI is InChI=1S/C17H30N2O2/c1-12(2)15(20)18-9-8-14(5)10-17(6,7)11-19-16(21)13(3)4/h14H,1,3,8-11H2,2,4-7H3,(H,18,20)(H,19,21). The molecule has 0 aromatic carbocycles. The van der Waals surface area contributed by atoms with E-state index < -0.39 is 0 Å². The Morgan fingerprint density at radius 3 is 2.00 bits per heavy atom. The SMILES string of the molecule is C=C(C)C(=O)NCCC(C)CC(C)(C)CNC(=O)C(=C)C. The molecule has 0 fully saturated rings. The van der Waals surface area contributed by atoms with E-state index in [2.05, 4.69) is 44.6 Å². The van der Waals surface area contributed by atoms with Crippen LogP contribution in [0.15, 0.2) is 24.3 Å². The van der Waals surface area contributed by atoms with Crippen molar-refractivity contribution in [1.29, 1.82) is 0 Å². The van der Waals surface area contributed by atoms with E-state index in [1.165, 1.54) is 0 Å². The Bertz CT molecular complexity index is 411. The topological polar surface area (TPSA) is 58.2 Å². The molecule has 21 heavy (non-hydrogen) atoms. The maximum atomic E-state index is 11.5. The summed E-state index contributed by atoms with van der Waals surface area (Å²) in [6, 6.07) is 0. The fourth-order valence-electron chi connectivity index (χ4n) is 2.17. The summed E-state index contributed by atoms with van der Waals surface area (Å²) in [6.07, 6.45) is 1.89. The molecule has 0 rings (SSSR count). The number of hydrogen-bond donors (Lipinski definition) is 2. The molecule has 0 aromatic heterocycles. The van der Waals surface area contributed by atoms with E-state index in [0.717, 1.165) is 12.8 Å². The van der Waals surface area contributed by atoms with Crippen LogP contribution in [0.1, 0.15) is 47.5 Å². The first kappa shape index (κ1) is 19.4. The highest BCUT2D eigenvalue weighted by atomic mass is 16.2. The molecule has 4 heteroatoms. The van der Waals surface area contributed by atoms with E-state index in [1.807, 2.05) is 0 Å². The lowest BCUT2D eigenvalue weighted by molar-refractivity contribution is -0.118. The van der Waals surface area contributed by atoms with Gasteiger partial charge in [0.1, 0.15) is 0 Å². The molecule has 1 unspecified atom stereocenters. The summed E-state index contributed by atoms with van der Waals surface area (Å²) in [5, 5.41) is 5.74. The second-order valence-corrected chi connectivity index (χ2v) is 6.76. The van der Waals surface area contributed by atoms with E-state index in [0.29, 0.717) is 30.2 Å². The zero-order valence-corrected chi connectivity index (χ0v) is 14.1. The van der Waals surface area contributed by atoms with Crippen molar-refractivity contribution in [2.45, 2.75) is 47.5 Å². The predicted molar refractivity (Wildman–Crippen MR) is 87.8 cm³/mol. The molecule has 0 saturated carbocycles. The minimum Gasteiger partial charge on any atom is -0.352 e. The van der Waals surface area contributed by atoms with Gasteiger partial charge in [-0.25, -0.2) is 0 Å². The zero-order chi connectivity index (χ0) is 16.6. The summed E-state index contributed by atoms with van der Waals surface area (Å²) >= 11 is 0. The van der Waals surface area contributed by atoms with Crippen LogP contribution in [0.4, 0.5) is 0 Å². The first-order valence-electron chi connectivity index (χ1n) is 7.42. The summed E-state index contributed by atoms with van der Waals surface area (Å²) in [4.78, 5) is 22.9. The Kier molecular flexibility index (Phi) is 8.00. The highest BCUT2D eigenvalue weighted by molar-refractivity contribution is 5.92. The summed E-state index contributed by atoms with van der Waals surface area (Å²) in [5.74, 6) is 0.284. The Hall–Kier alpha value is -1.58. The average molecular weight is 294 g/mol. The number of hydrogen-bond acceptors (Lipinski definition) is 2. The number of rotatable bonds is 9. The van der Waals surface area contributed by atoms with Gasteiger partial charge < -0.3 is 10.6 Å². The van der Waals surface area contributed by atoms with E-state index in [4.69, 9.17) is 0 Å². The van der Waals surface area contributed by atoms with Gasteiger partial charge in [0.2, 0.25) is 11.8 Å². The predicted octanol–water partition coefficient (Wildman–Crippen LogP) is 2.81. The minimum atomic E-state index is -0.0931. The van der Waals surface area contributed by atoms with E-state index in [-0.39, 0.29) is 17.2 Å². The molecule has 0 aromatic rings. The van der Waals surface area contributed by atoms with Crippen LogP contribution in [0, 0.1) is 11.3 Å². The third kappa shape index (κ3) is 9.05. The molecule has 120 valence electrons. The van der Waals surface area contributed by atoms with Gasteiger partial charge in [-0.3, -0.25) is 9.59 Å². The molecular formula is C17H30N2O2. The van der Waals surface area contributed by atoms with Gasteiger partial charge in [0.05, 0.1) is 0 Å². The average Bonchev–Trinajstić information content (AvgIpc) is 2.34. The highest BCUT2D eigenvalue weighted by Crippen LogP contribution is 2.26. The molecule has 1 atom stereocenters. The Labute approximate surface area is 129 Å². The fraction of sp³-hybridized carbons (Fsp3) is 0.647. The number of carbonyl (C=O) groups is 2. The molecule has 0 heterocycles. The van der Waals surface area contributed by atoms with Crippen LogP contribution in [0.25, 0.3) is 0 Å². The van der Waals surface area contributed by atoms with Crippen LogP contribution in [0.3, 0.4) is 0 Å². The van der Waals surface area contributed by atoms with Crippen LogP contribution in [-0.2, 0) is 9.59 Å². The molecule has 0 saturated heterocycles. The second-order valence-electron chi connectivity index (χ2n) is 6.76. The van der Waals surface area contributed by atoms with Crippen molar-refractivity contribution >= 4 is 11.8 Å². The third-order valence-corrected chi connectivity index (χ3v) is 3.33. The Balaban J connectivity index is 4.08. The van der Waals surface area contributed by atoms with Crippen LogP contribution >= 0.6 is 0 Å². The normalized spacial score (nSPS) is 12.4. The molecule has 2 N–H and O–H groups in total. The Morgan fingerprint density at radius 1 is 1.05 bits per heavy atom. The van der Waals surface area contributed by atoms with Crippen molar-refractivity contribution in [2.75, 3.05) is 13.1 Å². The summed E-state index contributed by atoms with van der Waals surface area (Å²) < 4.78 is 0. The van der Waals surface area contributed by atoms with E-state index in [1.54, 1.807) is 13.8 Å². The molecule has 0 bridgehead atoms.